The van der Waals surface area contributed by atoms with Gasteiger partial charge in [-0.05, 0) is 59.9 Å². The molecule has 1 heterocycles. The Labute approximate surface area is 228 Å². The van der Waals surface area contributed by atoms with Crippen molar-refractivity contribution in [3.63, 3.8) is 0 Å². The maximum Gasteiger partial charge on any atom is 0.471 e. The lowest BCUT2D eigenvalue weighted by Gasteiger charge is -2.35. The number of halogens is 3. The van der Waals surface area contributed by atoms with Crippen molar-refractivity contribution < 1.29 is 37.0 Å². The van der Waals surface area contributed by atoms with Crippen LogP contribution in [-0.2, 0) is 14.3 Å². The van der Waals surface area contributed by atoms with Gasteiger partial charge in [0.05, 0.1) is 37.2 Å². The number of anilines is 2. The molecule has 0 fully saturated rings. The first-order chi connectivity index (χ1) is 19.1. The predicted octanol–water partition coefficient (Wildman–Crippen LogP) is 5.94. The molecule has 0 saturated carbocycles. The van der Waals surface area contributed by atoms with Gasteiger partial charge in [0, 0.05) is 17.7 Å². The molecule has 10 heteroatoms. The number of nitrogens with zero attached hydrogens (tertiary/aromatic N) is 1. The third-order valence-electron chi connectivity index (χ3n) is 7.18. The fourth-order valence-corrected chi connectivity index (χ4v) is 5.30. The zero-order valence-electron chi connectivity index (χ0n) is 21.6. The number of hydrogen-bond acceptors (Lipinski definition) is 6. The van der Waals surface area contributed by atoms with Gasteiger partial charge in [0.25, 0.3) is 0 Å². The van der Waals surface area contributed by atoms with Crippen molar-refractivity contribution in [2.75, 3.05) is 24.4 Å². The van der Waals surface area contributed by atoms with Crippen LogP contribution in [0.1, 0.15) is 46.3 Å². The normalized spacial score (nSPS) is 18.7. The summed E-state index contributed by atoms with van der Waals surface area (Å²) >= 11 is 0. The monoisotopic (exact) mass is 550 g/mol. The van der Waals surface area contributed by atoms with Gasteiger partial charge in [0.1, 0.15) is 5.75 Å². The molecule has 7 nitrogen and oxygen atoms in total. The number of nitrogens with one attached hydrogen (secondary N) is 1. The van der Waals surface area contributed by atoms with E-state index in [0.29, 0.717) is 22.8 Å². The number of para-hydroxylation sites is 2. The van der Waals surface area contributed by atoms with E-state index in [0.717, 1.165) is 5.56 Å². The van der Waals surface area contributed by atoms with E-state index in [1.54, 1.807) is 31.4 Å². The molecule has 3 aromatic carbocycles. The maximum absolute atomic E-state index is 14.0. The lowest BCUT2D eigenvalue weighted by atomic mass is 9.78. The van der Waals surface area contributed by atoms with E-state index in [4.69, 9.17) is 9.47 Å². The number of ketones is 1. The van der Waals surface area contributed by atoms with Crippen LogP contribution >= 0.6 is 0 Å². The number of carbonyl (C=O) groups excluding carboxylic acids is 3. The summed E-state index contributed by atoms with van der Waals surface area (Å²) in [4.78, 5) is 39.5. The lowest BCUT2D eigenvalue weighted by Crippen LogP contribution is -2.45. The highest BCUT2D eigenvalue weighted by Crippen LogP contribution is 2.48. The molecule has 1 aliphatic heterocycles. The minimum Gasteiger partial charge on any atom is -0.497 e. The molecule has 2 atom stereocenters. The van der Waals surface area contributed by atoms with E-state index in [-0.39, 0.29) is 46.2 Å². The first kappa shape index (κ1) is 27.0. The topological polar surface area (TPSA) is 84.9 Å². The van der Waals surface area contributed by atoms with Crippen LogP contribution in [0.15, 0.2) is 84.1 Å². The number of allylic oxidation sites excluding steroid dienone is 1. The number of benzene rings is 3. The fraction of sp³-hybridized carbons (Fsp3) is 0.233. The predicted molar refractivity (Wildman–Crippen MR) is 141 cm³/mol. The molecule has 0 radical (unpaired) electrons. The van der Waals surface area contributed by atoms with Crippen LogP contribution in [0.2, 0.25) is 0 Å². The van der Waals surface area contributed by atoms with E-state index in [2.05, 4.69) is 5.32 Å². The Morgan fingerprint density at radius 3 is 2.17 bits per heavy atom. The van der Waals surface area contributed by atoms with Crippen molar-refractivity contribution in [1.82, 2.24) is 0 Å². The maximum atomic E-state index is 14.0. The lowest BCUT2D eigenvalue weighted by molar-refractivity contribution is -0.170. The van der Waals surface area contributed by atoms with E-state index < -0.39 is 24.1 Å². The molecule has 1 N–H and O–H groups in total. The Kier molecular flexibility index (Phi) is 7.10. The van der Waals surface area contributed by atoms with Crippen LogP contribution in [0.3, 0.4) is 0 Å². The van der Waals surface area contributed by atoms with Crippen LogP contribution in [-0.4, -0.2) is 38.1 Å². The third-order valence-corrected chi connectivity index (χ3v) is 7.18. The molecule has 0 saturated heterocycles. The highest BCUT2D eigenvalue weighted by Gasteiger charge is 2.50. The van der Waals surface area contributed by atoms with Crippen molar-refractivity contribution >= 4 is 29.0 Å². The number of esters is 1. The number of rotatable bonds is 4. The molecule has 0 unspecified atom stereocenters. The fourth-order valence-electron chi connectivity index (χ4n) is 5.30. The smallest absolute Gasteiger partial charge is 0.471 e. The summed E-state index contributed by atoms with van der Waals surface area (Å²) in [6.45, 7) is 0. The summed E-state index contributed by atoms with van der Waals surface area (Å²) < 4.78 is 52.1. The van der Waals surface area contributed by atoms with Crippen molar-refractivity contribution in [2.24, 2.45) is 0 Å². The Morgan fingerprint density at radius 1 is 0.900 bits per heavy atom. The highest BCUT2D eigenvalue weighted by atomic mass is 19.4. The standard InChI is InChI=1S/C30H25F3N2O5/c1-39-21-13-11-17(12-14-21)20-15-23-26(25(36)16-20)27(18-7-9-19(10-8-18)28(37)40-2)35(29(38)30(31,32)33)24-6-4-3-5-22(24)34-23/h3-14,20,27,34H,15-16H2,1-2H3/t20-,27-/m0/s1. The summed E-state index contributed by atoms with van der Waals surface area (Å²) in [5, 5.41) is 3.19. The number of Topliss-reactive ketones (excluding diaryl/α,β-unsaturated/α-hetero) is 1. The SMILES string of the molecule is COC(=O)c1ccc([C@H]2C3=C(C[C@H](c4ccc(OC)cc4)CC3=O)Nc3ccccc3N2C(=O)C(F)(F)F)cc1. The van der Waals surface area contributed by atoms with Gasteiger partial charge < -0.3 is 14.8 Å². The van der Waals surface area contributed by atoms with Gasteiger partial charge in [0.15, 0.2) is 5.78 Å². The van der Waals surface area contributed by atoms with E-state index in [9.17, 15) is 27.6 Å². The number of methoxy groups -OCH3 is 2. The first-order valence-electron chi connectivity index (χ1n) is 12.5. The minimum atomic E-state index is -5.22. The van der Waals surface area contributed by atoms with Crippen LogP contribution in [0, 0.1) is 0 Å². The quantitative estimate of drug-likeness (QED) is 0.405. The van der Waals surface area contributed by atoms with E-state index >= 15 is 0 Å². The van der Waals surface area contributed by atoms with Crippen LogP contribution < -0.4 is 15.0 Å². The van der Waals surface area contributed by atoms with E-state index in [1.165, 1.54) is 43.5 Å². The molecule has 5 rings (SSSR count). The van der Waals surface area contributed by atoms with Gasteiger partial charge in [0.2, 0.25) is 0 Å². The number of fused-ring (bicyclic) bond motifs is 1. The van der Waals surface area contributed by atoms with Gasteiger partial charge in [-0.15, -0.1) is 0 Å². The van der Waals surface area contributed by atoms with Crippen molar-refractivity contribution in [3.05, 3.63) is 101 Å². The zero-order valence-corrected chi connectivity index (χ0v) is 21.6. The molecule has 40 heavy (non-hydrogen) atoms. The van der Waals surface area contributed by atoms with Crippen molar-refractivity contribution in [3.8, 4) is 5.75 Å². The molecule has 0 bridgehead atoms. The number of ether oxygens (including phenoxy) is 2. The highest BCUT2D eigenvalue weighted by molar-refractivity contribution is 6.07. The average molecular weight is 551 g/mol. The number of alkyl halides is 3. The van der Waals surface area contributed by atoms with Crippen LogP contribution in [0.25, 0.3) is 0 Å². The third kappa shape index (κ3) is 4.92. The second-order valence-electron chi connectivity index (χ2n) is 9.52. The Bertz CT molecular complexity index is 1500. The summed E-state index contributed by atoms with van der Waals surface area (Å²) in [5.41, 5.74) is 2.05. The Hall–Kier alpha value is -4.60. The summed E-state index contributed by atoms with van der Waals surface area (Å²) in [5.74, 6) is -2.71. The molecule has 0 spiro atoms. The Morgan fingerprint density at radius 2 is 1.55 bits per heavy atom. The molecule has 2 aliphatic rings. The molecule has 206 valence electrons. The number of carbonyl (C=O) groups is 3. The van der Waals surface area contributed by atoms with Crippen LogP contribution in [0.4, 0.5) is 24.5 Å². The van der Waals surface area contributed by atoms with Gasteiger partial charge in [-0.1, -0.05) is 36.4 Å². The second kappa shape index (κ2) is 10.5. The molecular weight excluding hydrogens is 525 g/mol. The molecule has 1 aliphatic carbocycles. The molecular formula is C30H25F3N2O5. The average Bonchev–Trinajstić information content (AvgIpc) is 3.10. The largest absolute Gasteiger partial charge is 0.497 e. The van der Waals surface area contributed by atoms with Gasteiger partial charge >= 0.3 is 18.1 Å². The van der Waals surface area contributed by atoms with Gasteiger partial charge in [-0.25, -0.2) is 4.79 Å². The van der Waals surface area contributed by atoms with Gasteiger partial charge in [-0.2, -0.15) is 13.2 Å². The molecule has 0 aromatic heterocycles. The van der Waals surface area contributed by atoms with Crippen molar-refractivity contribution in [1.29, 1.82) is 0 Å². The van der Waals surface area contributed by atoms with Crippen molar-refractivity contribution in [2.45, 2.75) is 31.0 Å². The van der Waals surface area contributed by atoms with Gasteiger partial charge in [-0.3, -0.25) is 14.5 Å². The summed E-state index contributed by atoms with van der Waals surface area (Å²) in [7, 11) is 2.76. The number of amides is 1. The second-order valence-corrected chi connectivity index (χ2v) is 9.52. The molecule has 3 aromatic rings. The first-order valence-corrected chi connectivity index (χ1v) is 12.5. The van der Waals surface area contributed by atoms with E-state index in [1.807, 2.05) is 12.1 Å². The van der Waals surface area contributed by atoms with Crippen LogP contribution in [0.5, 0.6) is 5.75 Å². The Balaban J connectivity index is 1.69. The molecule has 1 amide bonds. The summed E-state index contributed by atoms with van der Waals surface area (Å²) in [6, 6.07) is 17.7. The number of hydrogen-bond donors (Lipinski definition) is 1. The summed E-state index contributed by atoms with van der Waals surface area (Å²) in [6.07, 6.45) is -4.85. The zero-order chi connectivity index (χ0) is 28.6. The minimum absolute atomic E-state index is 0.0185.